The second-order valence-corrected chi connectivity index (χ2v) is 3.82. The lowest BCUT2D eigenvalue weighted by Gasteiger charge is -2.15. The van der Waals surface area contributed by atoms with Gasteiger partial charge in [0.1, 0.15) is 6.07 Å². The predicted molar refractivity (Wildman–Crippen MR) is 60.1 cm³/mol. The predicted octanol–water partition coefficient (Wildman–Crippen LogP) is 3.26. The van der Waals surface area contributed by atoms with E-state index in [0.717, 1.165) is 19.2 Å². The monoisotopic (exact) mass is 321 g/mol. The van der Waals surface area contributed by atoms with Crippen molar-refractivity contribution in [2.45, 2.75) is 11.5 Å². The molecule has 0 atom stereocenters. The number of halogens is 4. The molecule has 0 radical (unpaired) electrons. The molecule has 96 valence electrons. The highest BCUT2D eigenvalue weighted by Crippen LogP contribution is 2.37. The van der Waals surface area contributed by atoms with Gasteiger partial charge in [0, 0.05) is 5.33 Å². The SMILES string of the molecule is COC(=O)c1ccc(CBr)c(C(F)(F)F)c1C#N. The average molecular weight is 322 g/mol. The maximum atomic E-state index is 12.9. The van der Waals surface area contributed by atoms with E-state index >= 15 is 0 Å². The molecule has 0 saturated heterocycles. The van der Waals surface area contributed by atoms with Crippen LogP contribution in [-0.2, 0) is 16.2 Å². The topological polar surface area (TPSA) is 50.1 Å². The summed E-state index contributed by atoms with van der Waals surface area (Å²) in [6.45, 7) is 0. The maximum absolute atomic E-state index is 12.9. The fraction of sp³-hybridized carbons (Fsp3) is 0.273. The van der Waals surface area contributed by atoms with Crippen molar-refractivity contribution in [1.29, 1.82) is 5.26 Å². The van der Waals surface area contributed by atoms with Crippen molar-refractivity contribution in [2.75, 3.05) is 7.11 Å². The van der Waals surface area contributed by atoms with E-state index in [4.69, 9.17) is 5.26 Å². The van der Waals surface area contributed by atoms with Gasteiger partial charge in [-0.2, -0.15) is 18.4 Å². The molecule has 1 aromatic carbocycles. The van der Waals surface area contributed by atoms with E-state index in [1.54, 1.807) is 0 Å². The number of hydrogen-bond donors (Lipinski definition) is 0. The van der Waals surface area contributed by atoms with Gasteiger partial charge in [-0.05, 0) is 11.6 Å². The molecule has 0 fully saturated rings. The van der Waals surface area contributed by atoms with Gasteiger partial charge in [0.15, 0.2) is 0 Å². The van der Waals surface area contributed by atoms with Crippen LogP contribution in [0.15, 0.2) is 12.1 Å². The molecule has 0 bridgehead atoms. The molecular weight excluding hydrogens is 315 g/mol. The Kier molecular flexibility index (Phi) is 4.35. The van der Waals surface area contributed by atoms with Gasteiger partial charge in [0.25, 0.3) is 0 Å². The first-order chi connectivity index (χ1) is 8.36. The van der Waals surface area contributed by atoms with Crippen molar-refractivity contribution in [3.63, 3.8) is 0 Å². The number of nitrogens with zero attached hydrogens (tertiary/aromatic N) is 1. The van der Waals surface area contributed by atoms with Crippen LogP contribution in [0.3, 0.4) is 0 Å². The summed E-state index contributed by atoms with van der Waals surface area (Å²) in [6, 6.07) is 3.71. The highest BCUT2D eigenvalue weighted by Gasteiger charge is 2.38. The summed E-state index contributed by atoms with van der Waals surface area (Å²) in [5.74, 6) is -0.974. The number of carbonyl (C=O) groups is 1. The van der Waals surface area contributed by atoms with Crippen molar-refractivity contribution in [3.05, 3.63) is 34.4 Å². The van der Waals surface area contributed by atoms with E-state index in [2.05, 4.69) is 20.7 Å². The highest BCUT2D eigenvalue weighted by atomic mass is 79.9. The Morgan fingerprint density at radius 3 is 2.50 bits per heavy atom. The first-order valence-corrected chi connectivity index (χ1v) is 5.76. The van der Waals surface area contributed by atoms with Gasteiger partial charge in [-0.1, -0.05) is 22.0 Å². The summed E-state index contributed by atoms with van der Waals surface area (Å²) in [5.41, 5.74) is -2.32. The molecule has 0 heterocycles. The number of alkyl halides is 4. The molecule has 0 amide bonds. The molecular formula is C11H7BrF3NO2. The third kappa shape index (κ3) is 2.64. The summed E-state index contributed by atoms with van der Waals surface area (Å²) >= 11 is 2.92. The minimum absolute atomic E-state index is 0.0715. The molecule has 0 aliphatic carbocycles. The van der Waals surface area contributed by atoms with E-state index in [0.29, 0.717) is 0 Å². The van der Waals surface area contributed by atoms with Crippen LogP contribution in [0.2, 0.25) is 0 Å². The fourth-order valence-electron chi connectivity index (χ4n) is 1.48. The summed E-state index contributed by atoms with van der Waals surface area (Å²) in [6.07, 6.45) is -4.71. The normalized spacial score (nSPS) is 10.9. The Hall–Kier alpha value is -1.55. The number of carbonyl (C=O) groups excluding carboxylic acids is 1. The van der Waals surface area contributed by atoms with Crippen molar-refractivity contribution < 1.29 is 22.7 Å². The summed E-state index contributed by atoms with van der Waals surface area (Å²) < 4.78 is 43.1. The second kappa shape index (κ2) is 5.40. The number of benzene rings is 1. The minimum Gasteiger partial charge on any atom is -0.465 e. The van der Waals surface area contributed by atoms with Crippen LogP contribution in [0.5, 0.6) is 0 Å². The standard InChI is InChI=1S/C11H7BrF3NO2/c1-18-10(17)7-3-2-6(4-12)9(8(7)5-16)11(13,14)15/h2-3H,4H2,1H3. The van der Waals surface area contributed by atoms with Crippen LogP contribution in [0.1, 0.15) is 27.0 Å². The molecule has 1 aromatic rings. The number of hydrogen-bond acceptors (Lipinski definition) is 3. The number of esters is 1. The summed E-state index contributed by atoms with van der Waals surface area (Å²) in [4.78, 5) is 11.3. The summed E-state index contributed by atoms with van der Waals surface area (Å²) in [7, 11) is 1.04. The zero-order chi connectivity index (χ0) is 13.9. The smallest absolute Gasteiger partial charge is 0.418 e. The molecule has 7 heteroatoms. The van der Waals surface area contributed by atoms with Gasteiger partial charge in [-0.25, -0.2) is 4.79 Å². The maximum Gasteiger partial charge on any atom is 0.418 e. The van der Waals surface area contributed by atoms with E-state index < -0.39 is 28.8 Å². The average Bonchev–Trinajstić information content (AvgIpc) is 2.34. The zero-order valence-electron chi connectivity index (χ0n) is 9.14. The van der Waals surface area contributed by atoms with E-state index in [-0.39, 0.29) is 10.9 Å². The van der Waals surface area contributed by atoms with E-state index in [1.807, 2.05) is 0 Å². The Morgan fingerprint density at radius 2 is 2.11 bits per heavy atom. The van der Waals surface area contributed by atoms with Gasteiger partial charge in [-0.3, -0.25) is 0 Å². The number of ether oxygens (including phenoxy) is 1. The number of rotatable bonds is 2. The fourth-order valence-corrected chi connectivity index (χ4v) is 1.94. The molecule has 0 spiro atoms. The van der Waals surface area contributed by atoms with Crippen molar-refractivity contribution in [2.24, 2.45) is 0 Å². The van der Waals surface area contributed by atoms with Crippen molar-refractivity contribution in [1.82, 2.24) is 0 Å². The highest BCUT2D eigenvalue weighted by molar-refractivity contribution is 9.08. The Morgan fingerprint density at radius 1 is 1.50 bits per heavy atom. The molecule has 0 saturated carbocycles. The van der Waals surface area contributed by atoms with Gasteiger partial charge < -0.3 is 4.74 Å². The Balaban J connectivity index is 3.65. The molecule has 0 aliphatic heterocycles. The largest absolute Gasteiger partial charge is 0.465 e. The van der Waals surface area contributed by atoms with Gasteiger partial charge in [0.05, 0.1) is 23.8 Å². The minimum atomic E-state index is -4.71. The van der Waals surface area contributed by atoms with Crippen LogP contribution in [0.25, 0.3) is 0 Å². The van der Waals surface area contributed by atoms with Crippen molar-refractivity contribution in [3.8, 4) is 6.07 Å². The molecule has 0 N–H and O–H groups in total. The third-order valence-corrected chi connectivity index (χ3v) is 2.84. The Bertz CT molecular complexity index is 520. The molecule has 3 nitrogen and oxygen atoms in total. The number of nitriles is 1. The lowest BCUT2D eigenvalue weighted by atomic mass is 9.97. The van der Waals surface area contributed by atoms with E-state index in [1.165, 1.54) is 6.07 Å². The van der Waals surface area contributed by atoms with E-state index in [9.17, 15) is 18.0 Å². The lowest BCUT2D eigenvalue weighted by molar-refractivity contribution is -0.138. The van der Waals surface area contributed by atoms with Gasteiger partial charge >= 0.3 is 12.1 Å². The summed E-state index contributed by atoms with van der Waals surface area (Å²) in [5, 5.41) is 8.78. The van der Waals surface area contributed by atoms with Crippen LogP contribution in [0, 0.1) is 11.3 Å². The van der Waals surface area contributed by atoms with Gasteiger partial charge in [0.2, 0.25) is 0 Å². The zero-order valence-corrected chi connectivity index (χ0v) is 10.7. The molecule has 0 aromatic heterocycles. The van der Waals surface area contributed by atoms with Crippen LogP contribution < -0.4 is 0 Å². The molecule has 0 aliphatic rings. The van der Waals surface area contributed by atoms with Crippen LogP contribution in [0.4, 0.5) is 13.2 Å². The van der Waals surface area contributed by atoms with Crippen LogP contribution in [-0.4, -0.2) is 13.1 Å². The molecule has 1 rings (SSSR count). The Labute approximate surface area is 109 Å². The first kappa shape index (κ1) is 14.5. The first-order valence-electron chi connectivity index (χ1n) is 4.64. The molecule has 0 unspecified atom stereocenters. The van der Waals surface area contributed by atoms with Crippen molar-refractivity contribution >= 4 is 21.9 Å². The second-order valence-electron chi connectivity index (χ2n) is 3.26. The van der Waals surface area contributed by atoms with Gasteiger partial charge in [-0.15, -0.1) is 0 Å². The number of methoxy groups -OCH3 is 1. The lowest BCUT2D eigenvalue weighted by Crippen LogP contribution is -2.15. The molecule has 18 heavy (non-hydrogen) atoms. The third-order valence-electron chi connectivity index (χ3n) is 2.24. The quantitative estimate of drug-likeness (QED) is 0.620. The van der Waals surface area contributed by atoms with Crippen LogP contribution >= 0.6 is 15.9 Å².